The number of hydrogen-bond acceptors (Lipinski definition) is 2. The minimum absolute atomic E-state index is 0.262. The van der Waals surface area contributed by atoms with Crippen LogP contribution < -0.4 is 10.6 Å². The highest BCUT2D eigenvalue weighted by atomic mass is 35.5. The Morgan fingerprint density at radius 1 is 0.963 bits per heavy atom. The van der Waals surface area contributed by atoms with Gasteiger partial charge in [0.25, 0.3) is 0 Å². The zero-order valence-corrected chi connectivity index (χ0v) is 15.0. The number of hydrogen-bond donors (Lipinski definition) is 2. The van der Waals surface area contributed by atoms with E-state index in [1.54, 1.807) is 25.1 Å². The van der Waals surface area contributed by atoms with Crippen molar-refractivity contribution in [2.45, 2.75) is 25.9 Å². The Balaban J connectivity index is 1.79. The maximum absolute atomic E-state index is 13.1. The van der Waals surface area contributed by atoms with Crippen molar-refractivity contribution in [3.63, 3.8) is 0 Å². The highest BCUT2D eigenvalue weighted by Gasteiger charge is 2.57. The molecule has 0 spiro atoms. The van der Waals surface area contributed by atoms with Crippen LogP contribution in [-0.4, -0.2) is 11.8 Å². The molecule has 0 heterocycles. The van der Waals surface area contributed by atoms with Crippen LogP contribution in [0.25, 0.3) is 0 Å². The van der Waals surface area contributed by atoms with E-state index in [-0.39, 0.29) is 18.5 Å². The predicted octanol–water partition coefficient (Wildman–Crippen LogP) is 5.02. The van der Waals surface area contributed by atoms with Gasteiger partial charge in [0.1, 0.15) is 5.41 Å². The summed E-state index contributed by atoms with van der Waals surface area (Å²) in [5.74, 6) is -1.31. The smallest absolute Gasteiger partial charge is 0.325 e. The summed E-state index contributed by atoms with van der Waals surface area (Å²) < 4.78 is 39.3. The van der Waals surface area contributed by atoms with Gasteiger partial charge in [0.05, 0.1) is 11.3 Å². The molecule has 1 fully saturated rings. The first-order valence-corrected chi connectivity index (χ1v) is 8.57. The number of nitrogens with one attached hydrogen (secondary N) is 2. The lowest BCUT2D eigenvalue weighted by Gasteiger charge is -2.19. The number of benzene rings is 2. The van der Waals surface area contributed by atoms with Gasteiger partial charge in [-0.05, 0) is 49.6 Å². The molecule has 27 heavy (non-hydrogen) atoms. The van der Waals surface area contributed by atoms with Crippen molar-refractivity contribution in [2.75, 3.05) is 10.6 Å². The molecule has 0 radical (unpaired) electrons. The van der Waals surface area contributed by atoms with E-state index < -0.39 is 29.0 Å². The summed E-state index contributed by atoms with van der Waals surface area (Å²) in [5, 5.41) is 5.39. The Labute approximate surface area is 158 Å². The second-order valence-corrected chi connectivity index (χ2v) is 6.85. The summed E-state index contributed by atoms with van der Waals surface area (Å²) in [7, 11) is 0. The molecule has 2 N–H and O–H groups in total. The largest absolute Gasteiger partial charge is 0.418 e. The van der Waals surface area contributed by atoms with Crippen molar-refractivity contribution in [1.29, 1.82) is 0 Å². The molecule has 8 heteroatoms. The minimum atomic E-state index is -4.61. The summed E-state index contributed by atoms with van der Waals surface area (Å²) in [4.78, 5) is 25.2. The molecule has 3 rings (SSSR count). The third kappa shape index (κ3) is 3.78. The van der Waals surface area contributed by atoms with Gasteiger partial charge < -0.3 is 10.6 Å². The Morgan fingerprint density at radius 3 is 2.11 bits per heavy atom. The molecular weight excluding hydrogens is 381 g/mol. The first kappa shape index (κ1) is 19.2. The molecule has 0 aromatic heterocycles. The van der Waals surface area contributed by atoms with Crippen LogP contribution in [0.15, 0.2) is 42.5 Å². The molecule has 4 nitrogen and oxygen atoms in total. The summed E-state index contributed by atoms with van der Waals surface area (Å²) in [6, 6.07) is 9.64. The van der Waals surface area contributed by atoms with Gasteiger partial charge in [-0.25, -0.2) is 0 Å². The molecule has 2 aromatic rings. The van der Waals surface area contributed by atoms with Crippen molar-refractivity contribution in [3.05, 3.63) is 58.6 Å². The summed E-state index contributed by atoms with van der Waals surface area (Å²) >= 11 is 6.02. The lowest BCUT2D eigenvalue weighted by Crippen LogP contribution is -2.36. The summed E-state index contributed by atoms with van der Waals surface area (Å²) in [5.41, 5.74) is -1.60. The first-order chi connectivity index (χ1) is 12.6. The fraction of sp³-hybridized carbons (Fsp3) is 0.263. The number of halogens is 4. The minimum Gasteiger partial charge on any atom is -0.325 e. The molecule has 0 saturated heterocycles. The topological polar surface area (TPSA) is 58.2 Å². The second kappa shape index (κ2) is 6.88. The Hall–Kier alpha value is -2.54. The average Bonchev–Trinajstić information content (AvgIpc) is 3.40. The van der Waals surface area contributed by atoms with Crippen LogP contribution in [0.1, 0.15) is 24.0 Å². The number of para-hydroxylation sites is 1. The van der Waals surface area contributed by atoms with E-state index in [0.717, 1.165) is 12.1 Å². The fourth-order valence-electron chi connectivity index (χ4n) is 2.75. The quantitative estimate of drug-likeness (QED) is 0.712. The third-order valence-electron chi connectivity index (χ3n) is 4.62. The normalized spacial score (nSPS) is 15.1. The Morgan fingerprint density at radius 2 is 1.52 bits per heavy atom. The van der Waals surface area contributed by atoms with Gasteiger partial charge in [-0.1, -0.05) is 29.8 Å². The number of alkyl halides is 3. The SMILES string of the molecule is Cc1c(Cl)cccc1NC(=O)C1(C(=O)Nc2ccccc2C(F)(F)F)CC1. The molecule has 0 aliphatic heterocycles. The highest BCUT2D eigenvalue weighted by Crippen LogP contribution is 2.48. The van der Waals surface area contributed by atoms with Gasteiger partial charge >= 0.3 is 6.18 Å². The molecule has 0 unspecified atom stereocenters. The number of carbonyl (C=O) groups excluding carboxylic acids is 2. The number of amides is 2. The molecule has 2 amide bonds. The predicted molar refractivity (Wildman–Crippen MR) is 96.6 cm³/mol. The van der Waals surface area contributed by atoms with Gasteiger partial charge in [0.15, 0.2) is 0 Å². The van der Waals surface area contributed by atoms with Gasteiger partial charge in [0, 0.05) is 10.7 Å². The van der Waals surface area contributed by atoms with E-state index >= 15 is 0 Å². The first-order valence-electron chi connectivity index (χ1n) is 8.19. The molecule has 1 aliphatic rings. The van der Waals surface area contributed by atoms with E-state index in [9.17, 15) is 22.8 Å². The molecule has 0 atom stereocenters. The van der Waals surface area contributed by atoms with Crippen LogP contribution in [-0.2, 0) is 15.8 Å². The maximum atomic E-state index is 13.1. The van der Waals surface area contributed by atoms with Crippen LogP contribution in [0.4, 0.5) is 24.5 Å². The molecule has 1 saturated carbocycles. The number of carbonyl (C=O) groups is 2. The number of rotatable bonds is 4. The van der Waals surface area contributed by atoms with Crippen LogP contribution in [0.3, 0.4) is 0 Å². The van der Waals surface area contributed by atoms with Crippen LogP contribution in [0.5, 0.6) is 0 Å². The van der Waals surface area contributed by atoms with Gasteiger partial charge in [-0.15, -0.1) is 0 Å². The molecule has 142 valence electrons. The Bertz CT molecular complexity index is 908. The van der Waals surface area contributed by atoms with Crippen molar-refractivity contribution in [1.82, 2.24) is 0 Å². The third-order valence-corrected chi connectivity index (χ3v) is 5.03. The van der Waals surface area contributed by atoms with Crippen molar-refractivity contribution >= 4 is 34.8 Å². The zero-order valence-electron chi connectivity index (χ0n) is 14.3. The summed E-state index contributed by atoms with van der Waals surface area (Å²) in [6.45, 7) is 1.72. The Kier molecular flexibility index (Phi) is 4.90. The highest BCUT2D eigenvalue weighted by molar-refractivity contribution is 6.31. The monoisotopic (exact) mass is 396 g/mol. The average molecular weight is 397 g/mol. The van der Waals surface area contributed by atoms with Crippen LogP contribution in [0.2, 0.25) is 5.02 Å². The van der Waals surface area contributed by atoms with Crippen molar-refractivity contribution < 1.29 is 22.8 Å². The second-order valence-electron chi connectivity index (χ2n) is 6.45. The van der Waals surface area contributed by atoms with E-state index in [1.807, 2.05) is 0 Å². The lowest BCUT2D eigenvalue weighted by atomic mass is 10.0. The van der Waals surface area contributed by atoms with Gasteiger partial charge in [-0.3, -0.25) is 9.59 Å². The van der Waals surface area contributed by atoms with Crippen LogP contribution in [0, 0.1) is 12.3 Å². The van der Waals surface area contributed by atoms with Crippen LogP contribution >= 0.6 is 11.6 Å². The van der Waals surface area contributed by atoms with E-state index in [1.165, 1.54) is 12.1 Å². The van der Waals surface area contributed by atoms with Crippen molar-refractivity contribution in [3.8, 4) is 0 Å². The number of anilines is 2. The van der Waals surface area contributed by atoms with Crippen molar-refractivity contribution in [2.24, 2.45) is 5.41 Å². The zero-order chi connectivity index (χ0) is 19.8. The van der Waals surface area contributed by atoms with E-state index in [0.29, 0.717) is 16.3 Å². The molecule has 1 aliphatic carbocycles. The lowest BCUT2D eigenvalue weighted by molar-refractivity contribution is -0.137. The molecule has 2 aromatic carbocycles. The van der Waals surface area contributed by atoms with Gasteiger partial charge in [-0.2, -0.15) is 13.2 Å². The van der Waals surface area contributed by atoms with E-state index in [2.05, 4.69) is 10.6 Å². The summed E-state index contributed by atoms with van der Waals surface area (Å²) in [6.07, 6.45) is -4.09. The fourth-order valence-corrected chi connectivity index (χ4v) is 2.92. The van der Waals surface area contributed by atoms with Gasteiger partial charge in [0.2, 0.25) is 11.8 Å². The maximum Gasteiger partial charge on any atom is 0.418 e. The standard InChI is InChI=1S/C19H16ClF3N2O2/c1-11-13(20)6-4-8-14(11)24-16(26)18(9-10-18)17(27)25-15-7-3-2-5-12(15)19(21,22)23/h2-8H,9-10H2,1H3,(H,24,26)(H,25,27). The molecular formula is C19H16ClF3N2O2. The van der Waals surface area contributed by atoms with E-state index in [4.69, 9.17) is 11.6 Å². The molecule has 0 bridgehead atoms.